The Hall–Kier alpha value is 2.02. The molecule has 0 nitrogen and oxygen atoms in total. The standard InChI is InChI=1S/C10H8S8/c1-2-12-5(11-1)7-15-9-10(16-7)18-8(17-9)6-13-3-4-14-6/h1-4H2. The third kappa shape index (κ3) is 2.69. The molecule has 8 heteroatoms. The number of rotatable bonds is 0. The van der Waals surface area contributed by atoms with Crippen molar-refractivity contribution in [3.63, 3.8) is 0 Å². The highest BCUT2D eigenvalue weighted by molar-refractivity contribution is 8.49. The zero-order chi connectivity index (χ0) is 11.9. The Morgan fingerprint density at radius 3 is 1.00 bits per heavy atom. The molecule has 18 heavy (non-hydrogen) atoms. The van der Waals surface area contributed by atoms with E-state index in [0.717, 1.165) is 0 Å². The number of hydrogen-bond acceptors (Lipinski definition) is 8. The highest BCUT2D eigenvalue weighted by Crippen LogP contribution is 2.70. The fourth-order valence-electron chi connectivity index (χ4n) is 1.61. The Morgan fingerprint density at radius 1 is 0.389 bits per heavy atom. The summed E-state index contributed by atoms with van der Waals surface area (Å²) in [5, 5.41) is 0. The van der Waals surface area contributed by atoms with Crippen LogP contribution in [0.5, 0.6) is 0 Å². The summed E-state index contributed by atoms with van der Waals surface area (Å²) in [7, 11) is 0. The first-order valence-electron chi connectivity index (χ1n) is 5.35. The Morgan fingerprint density at radius 2 is 0.667 bits per heavy atom. The largest absolute Gasteiger partial charge is 0.117 e. The highest BCUT2D eigenvalue weighted by atomic mass is 32.3. The molecule has 0 amide bonds. The molecular formula is C10H8S8. The summed E-state index contributed by atoms with van der Waals surface area (Å²) < 4.78 is 9.30. The van der Waals surface area contributed by atoms with E-state index in [1.54, 1.807) is 16.9 Å². The first kappa shape index (κ1) is 13.7. The highest BCUT2D eigenvalue weighted by Gasteiger charge is 2.34. The van der Waals surface area contributed by atoms with Crippen molar-refractivity contribution in [1.82, 2.24) is 0 Å². The molecule has 2 saturated heterocycles. The predicted molar refractivity (Wildman–Crippen MR) is 101 cm³/mol. The van der Waals surface area contributed by atoms with Crippen molar-refractivity contribution in [2.75, 3.05) is 23.0 Å². The topological polar surface area (TPSA) is 0 Å². The fourth-order valence-corrected chi connectivity index (χ4v) is 13.9. The maximum absolute atomic E-state index is 2.04. The smallest absolute Gasteiger partial charge is 0.0718 e. The minimum atomic E-state index is 1.29. The second kappa shape index (κ2) is 6.02. The van der Waals surface area contributed by atoms with E-state index in [1.165, 1.54) is 31.5 Å². The SMILES string of the molecule is C1CSC(=C2SC3=C(S2)SC(=C2SCCS2)S3)S1. The van der Waals surface area contributed by atoms with Gasteiger partial charge in [-0.1, -0.05) is 47.0 Å². The van der Waals surface area contributed by atoms with Crippen LogP contribution in [0, 0.1) is 0 Å². The maximum atomic E-state index is 2.04. The molecule has 4 heterocycles. The summed E-state index contributed by atoms with van der Waals surface area (Å²) in [5.74, 6) is 5.16. The molecule has 2 fully saturated rings. The lowest BCUT2D eigenvalue weighted by Crippen LogP contribution is -1.71. The van der Waals surface area contributed by atoms with Gasteiger partial charge >= 0.3 is 0 Å². The molecule has 0 unspecified atom stereocenters. The predicted octanol–water partition coefficient (Wildman–Crippen LogP) is 6.29. The lowest BCUT2D eigenvalue weighted by Gasteiger charge is -2.06. The van der Waals surface area contributed by atoms with Crippen LogP contribution in [0.2, 0.25) is 0 Å². The van der Waals surface area contributed by atoms with Gasteiger partial charge < -0.3 is 0 Å². The van der Waals surface area contributed by atoms with E-state index >= 15 is 0 Å². The Bertz CT molecular complexity index is 408. The normalized spacial score (nSPS) is 28.0. The molecule has 96 valence electrons. The number of thioether (sulfide) groups is 8. The molecule has 4 aliphatic heterocycles. The quantitative estimate of drug-likeness (QED) is 0.472. The zero-order valence-corrected chi connectivity index (χ0v) is 15.6. The van der Waals surface area contributed by atoms with Crippen molar-refractivity contribution >= 4 is 94.1 Å². The lowest BCUT2D eigenvalue weighted by atomic mass is 11.0. The van der Waals surface area contributed by atoms with Crippen LogP contribution in [-0.2, 0) is 0 Å². The molecule has 0 aromatic carbocycles. The molecule has 0 atom stereocenters. The Labute approximate surface area is 141 Å². The van der Waals surface area contributed by atoms with E-state index in [2.05, 4.69) is 0 Å². The van der Waals surface area contributed by atoms with Gasteiger partial charge in [0.1, 0.15) is 0 Å². The second-order valence-electron chi connectivity index (χ2n) is 3.53. The summed E-state index contributed by atoms with van der Waals surface area (Å²) >= 11 is 16.2. The van der Waals surface area contributed by atoms with Crippen LogP contribution in [-0.4, -0.2) is 23.0 Å². The maximum Gasteiger partial charge on any atom is 0.0718 e. The van der Waals surface area contributed by atoms with Gasteiger partial charge in [-0.25, -0.2) is 0 Å². The van der Waals surface area contributed by atoms with E-state index in [1.807, 2.05) is 94.1 Å². The van der Waals surface area contributed by atoms with Gasteiger partial charge in [0.25, 0.3) is 0 Å². The van der Waals surface area contributed by atoms with Gasteiger partial charge in [0.2, 0.25) is 0 Å². The van der Waals surface area contributed by atoms with Gasteiger partial charge in [-0.15, -0.1) is 47.0 Å². The summed E-state index contributed by atoms with van der Waals surface area (Å²) in [5.41, 5.74) is 0. The molecule has 0 saturated carbocycles. The molecule has 0 spiro atoms. The van der Waals surface area contributed by atoms with Crippen molar-refractivity contribution in [2.24, 2.45) is 0 Å². The first-order valence-corrected chi connectivity index (χ1v) is 12.6. The van der Waals surface area contributed by atoms with E-state index < -0.39 is 0 Å². The molecule has 0 radical (unpaired) electrons. The lowest BCUT2D eigenvalue weighted by molar-refractivity contribution is 1.59. The van der Waals surface area contributed by atoms with E-state index in [4.69, 9.17) is 0 Å². The van der Waals surface area contributed by atoms with Crippen molar-refractivity contribution in [1.29, 1.82) is 0 Å². The Kier molecular flexibility index (Phi) is 4.57. The average Bonchev–Trinajstić information content (AvgIpc) is 3.13. The monoisotopic (exact) mass is 384 g/mol. The summed E-state index contributed by atoms with van der Waals surface area (Å²) in [6, 6.07) is 0. The van der Waals surface area contributed by atoms with Crippen LogP contribution >= 0.6 is 94.1 Å². The first-order chi connectivity index (χ1) is 8.90. The second-order valence-corrected chi connectivity index (χ2v) is 13.6. The van der Waals surface area contributed by atoms with E-state index in [0.29, 0.717) is 0 Å². The van der Waals surface area contributed by atoms with Crippen molar-refractivity contribution in [3.8, 4) is 0 Å². The molecule has 4 rings (SSSR count). The van der Waals surface area contributed by atoms with Gasteiger partial charge in [0.05, 0.1) is 25.4 Å². The van der Waals surface area contributed by atoms with Crippen LogP contribution < -0.4 is 0 Å². The zero-order valence-electron chi connectivity index (χ0n) is 9.09. The average molecular weight is 385 g/mol. The number of hydrogen-bond donors (Lipinski definition) is 0. The van der Waals surface area contributed by atoms with Crippen LogP contribution in [0.4, 0.5) is 0 Å². The van der Waals surface area contributed by atoms with Gasteiger partial charge in [-0.3, -0.25) is 0 Å². The third-order valence-electron chi connectivity index (χ3n) is 2.34. The summed E-state index contributed by atoms with van der Waals surface area (Å²) in [6.45, 7) is 0. The van der Waals surface area contributed by atoms with Crippen LogP contribution in [0.3, 0.4) is 0 Å². The van der Waals surface area contributed by atoms with Gasteiger partial charge in [0, 0.05) is 23.0 Å². The van der Waals surface area contributed by atoms with Gasteiger partial charge in [-0.2, -0.15) is 0 Å². The van der Waals surface area contributed by atoms with Crippen molar-refractivity contribution in [3.05, 3.63) is 25.4 Å². The van der Waals surface area contributed by atoms with Crippen molar-refractivity contribution in [2.45, 2.75) is 0 Å². The minimum absolute atomic E-state index is 1.29. The molecular weight excluding hydrogens is 377 g/mol. The summed E-state index contributed by atoms with van der Waals surface area (Å²) in [6.07, 6.45) is 0. The molecule has 0 aromatic heterocycles. The van der Waals surface area contributed by atoms with E-state index in [9.17, 15) is 0 Å². The molecule has 4 aliphatic rings. The molecule has 0 bridgehead atoms. The molecule has 0 aromatic rings. The van der Waals surface area contributed by atoms with Crippen LogP contribution in [0.1, 0.15) is 0 Å². The third-order valence-corrected chi connectivity index (χ3v) is 14.4. The minimum Gasteiger partial charge on any atom is -0.117 e. The van der Waals surface area contributed by atoms with Crippen LogP contribution in [0.25, 0.3) is 0 Å². The summed E-state index contributed by atoms with van der Waals surface area (Å²) in [4.78, 5) is 0. The van der Waals surface area contributed by atoms with Crippen molar-refractivity contribution < 1.29 is 0 Å². The van der Waals surface area contributed by atoms with Crippen LogP contribution in [0.15, 0.2) is 25.4 Å². The molecule has 0 aliphatic carbocycles. The molecule has 0 N–H and O–H groups in total. The Balaban J connectivity index is 1.51. The van der Waals surface area contributed by atoms with Gasteiger partial charge in [-0.05, 0) is 0 Å². The van der Waals surface area contributed by atoms with E-state index in [-0.39, 0.29) is 0 Å². The van der Waals surface area contributed by atoms with Gasteiger partial charge in [0.15, 0.2) is 0 Å². The fraction of sp³-hybridized carbons (Fsp3) is 0.400.